The van der Waals surface area contributed by atoms with Crippen molar-refractivity contribution in [2.45, 2.75) is 6.42 Å². The molecule has 0 saturated carbocycles. The Hall–Kier alpha value is -1.88. The molecule has 1 aromatic carbocycles. The summed E-state index contributed by atoms with van der Waals surface area (Å²) in [6.45, 7) is 0.557. The van der Waals surface area contributed by atoms with Crippen molar-refractivity contribution in [3.63, 3.8) is 0 Å². The Bertz CT molecular complexity index is 519. The Balaban J connectivity index is 2.50. The topological polar surface area (TPSA) is 68.2 Å². The Kier molecular flexibility index (Phi) is 2.87. The first kappa shape index (κ1) is 10.6. The van der Waals surface area contributed by atoms with Crippen LogP contribution in [0.5, 0.6) is 0 Å². The number of hydrogen-bond donors (Lipinski definition) is 1. The van der Waals surface area contributed by atoms with Gasteiger partial charge in [-0.05, 0) is 18.1 Å². The molecule has 0 aliphatic carbocycles. The van der Waals surface area contributed by atoms with Crippen molar-refractivity contribution in [3.8, 4) is 0 Å². The summed E-state index contributed by atoms with van der Waals surface area (Å²) in [7, 11) is 1.62. The fourth-order valence-electron chi connectivity index (χ4n) is 1.75. The molecule has 0 spiro atoms. The number of rotatable bonds is 4. The number of H-pyrrole nitrogens is 1. The number of nitro benzene ring substituents is 1. The maximum absolute atomic E-state index is 10.8. The normalized spacial score (nSPS) is 10.8. The first-order chi connectivity index (χ1) is 7.72. The maximum Gasteiger partial charge on any atom is 0.271 e. The van der Waals surface area contributed by atoms with Gasteiger partial charge in [0.1, 0.15) is 0 Å². The van der Waals surface area contributed by atoms with Crippen LogP contribution >= 0.6 is 0 Å². The van der Waals surface area contributed by atoms with Gasteiger partial charge in [0.2, 0.25) is 0 Å². The van der Waals surface area contributed by atoms with Gasteiger partial charge < -0.3 is 9.72 Å². The van der Waals surface area contributed by atoms with E-state index < -0.39 is 0 Å². The van der Waals surface area contributed by atoms with Gasteiger partial charge in [0.05, 0.1) is 17.0 Å². The van der Waals surface area contributed by atoms with Crippen molar-refractivity contribution in [2.24, 2.45) is 0 Å². The van der Waals surface area contributed by atoms with Crippen LogP contribution in [-0.4, -0.2) is 23.6 Å². The number of hydrogen-bond acceptors (Lipinski definition) is 3. The van der Waals surface area contributed by atoms with Crippen molar-refractivity contribution in [3.05, 3.63) is 40.1 Å². The van der Waals surface area contributed by atoms with Crippen LogP contribution in [0.25, 0.3) is 10.9 Å². The van der Waals surface area contributed by atoms with E-state index >= 15 is 0 Å². The Morgan fingerprint density at radius 2 is 2.31 bits per heavy atom. The smallest absolute Gasteiger partial charge is 0.271 e. The standard InChI is InChI=1S/C11H12N2O3/c1-16-5-3-8-6-9(13(14)15)7-11-10(8)2-4-12-11/h2,4,6-7,12H,3,5H2,1H3. The van der Waals surface area contributed by atoms with Crippen molar-refractivity contribution < 1.29 is 9.66 Å². The molecular weight excluding hydrogens is 208 g/mol. The van der Waals surface area contributed by atoms with Crippen LogP contribution in [-0.2, 0) is 11.2 Å². The summed E-state index contributed by atoms with van der Waals surface area (Å²) < 4.78 is 4.99. The van der Waals surface area contributed by atoms with E-state index in [-0.39, 0.29) is 10.6 Å². The number of methoxy groups -OCH3 is 1. The van der Waals surface area contributed by atoms with Crippen molar-refractivity contribution in [1.82, 2.24) is 4.98 Å². The van der Waals surface area contributed by atoms with Gasteiger partial charge in [0.25, 0.3) is 5.69 Å². The minimum absolute atomic E-state index is 0.112. The van der Waals surface area contributed by atoms with Gasteiger partial charge in [0.15, 0.2) is 0 Å². The molecule has 5 heteroatoms. The predicted molar refractivity (Wildman–Crippen MR) is 60.5 cm³/mol. The SMILES string of the molecule is COCCc1cc([N+](=O)[O-])cc2[nH]ccc12. The van der Waals surface area contributed by atoms with Gasteiger partial charge >= 0.3 is 0 Å². The van der Waals surface area contributed by atoms with E-state index in [4.69, 9.17) is 4.74 Å². The summed E-state index contributed by atoms with van der Waals surface area (Å²) in [5, 5.41) is 11.8. The van der Waals surface area contributed by atoms with Crippen LogP contribution < -0.4 is 0 Å². The summed E-state index contributed by atoms with van der Waals surface area (Å²) in [6.07, 6.45) is 2.46. The third kappa shape index (κ3) is 1.90. The molecule has 0 fully saturated rings. The molecule has 2 rings (SSSR count). The molecule has 1 N–H and O–H groups in total. The van der Waals surface area contributed by atoms with Crippen LogP contribution in [0.2, 0.25) is 0 Å². The zero-order valence-corrected chi connectivity index (χ0v) is 8.90. The van der Waals surface area contributed by atoms with E-state index in [2.05, 4.69) is 4.98 Å². The zero-order valence-electron chi connectivity index (χ0n) is 8.90. The summed E-state index contributed by atoms with van der Waals surface area (Å²) in [4.78, 5) is 13.4. The van der Waals surface area contributed by atoms with Gasteiger partial charge in [-0.1, -0.05) is 0 Å². The van der Waals surface area contributed by atoms with Gasteiger partial charge in [0, 0.05) is 30.8 Å². The molecule has 0 aliphatic heterocycles. The maximum atomic E-state index is 10.8. The summed E-state index contributed by atoms with van der Waals surface area (Å²) in [6, 6.07) is 5.07. The Labute approximate surface area is 92.2 Å². The monoisotopic (exact) mass is 220 g/mol. The third-order valence-electron chi connectivity index (χ3n) is 2.53. The number of aromatic nitrogens is 1. The quantitative estimate of drug-likeness (QED) is 0.634. The molecule has 1 heterocycles. The first-order valence-electron chi connectivity index (χ1n) is 4.95. The summed E-state index contributed by atoms with van der Waals surface area (Å²) in [5.41, 5.74) is 1.84. The fourth-order valence-corrected chi connectivity index (χ4v) is 1.75. The number of aromatic amines is 1. The Morgan fingerprint density at radius 1 is 1.50 bits per heavy atom. The van der Waals surface area contributed by atoms with Crippen LogP contribution in [0.1, 0.15) is 5.56 Å². The second kappa shape index (κ2) is 4.32. The van der Waals surface area contributed by atoms with E-state index in [9.17, 15) is 10.1 Å². The number of nitrogens with one attached hydrogen (secondary N) is 1. The average Bonchev–Trinajstić information content (AvgIpc) is 2.73. The second-order valence-corrected chi connectivity index (χ2v) is 3.54. The molecule has 0 unspecified atom stereocenters. The van der Waals surface area contributed by atoms with Crippen LogP contribution in [0.4, 0.5) is 5.69 Å². The van der Waals surface area contributed by atoms with Gasteiger partial charge in [-0.3, -0.25) is 10.1 Å². The molecule has 0 bridgehead atoms. The minimum Gasteiger partial charge on any atom is -0.384 e. The molecule has 16 heavy (non-hydrogen) atoms. The molecule has 1 aromatic heterocycles. The molecule has 5 nitrogen and oxygen atoms in total. The minimum atomic E-state index is -0.378. The highest BCUT2D eigenvalue weighted by atomic mass is 16.6. The first-order valence-corrected chi connectivity index (χ1v) is 4.95. The number of ether oxygens (including phenoxy) is 1. The third-order valence-corrected chi connectivity index (χ3v) is 2.53. The van der Waals surface area contributed by atoms with E-state index in [0.29, 0.717) is 13.0 Å². The zero-order chi connectivity index (χ0) is 11.5. The van der Waals surface area contributed by atoms with Crippen molar-refractivity contribution >= 4 is 16.6 Å². The van der Waals surface area contributed by atoms with Gasteiger partial charge in [-0.2, -0.15) is 0 Å². The lowest BCUT2D eigenvalue weighted by atomic mass is 10.1. The van der Waals surface area contributed by atoms with Crippen molar-refractivity contribution in [2.75, 3.05) is 13.7 Å². The van der Waals surface area contributed by atoms with Crippen LogP contribution in [0.15, 0.2) is 24.4 Å². The highest BCUT2D eigenvalue weighted by Crippen LogP contribution is 2.24. The number of nitrogens with zero attached hydrogens (tertiary/aromatic N) is 1. The van der Waals surface area contributed by atoms with Crippen molar-refractivity contribution in [1.29, 1.82) is 0 Å². The van der Waals surface area contributed by atoms with Crippen LogP contribution in [0.3, 0.4) is 0 Å². The molecule has 0 amide bonds. The molecule has 84 valence electrons. The van der Waals surface area contributed by atoms with Gasteiger partial charge in [-0.15, -0.1) is 0 Å². The van der Waals surface area contributed by atoms with E-state index in [1.165, 1.54) is 0 Å². The lowest BCUT2D eigenvalue weighted by Gasteiger charge is -2.03. The summed E-state index contributed by atoms with van der Waals surface area (Å²) >= 11 is 0. The molecule has 0 aliphatic rings. The number of non-ortho nitro benzene ring substituents is 1. The molecule has 0 saturated heterocycles. The fraction of sp³-hybridized carbons (Fsp3) is 0.273. The van der Waals surface area contributed by atoms with Crippen LogP contribution in [0, 0.1) is 10.1 Å². The summed E-state index contributed by atoms with van der Waals surface area (Å²) in [5.74, 6) is 0. The van der Waals surface area contributed by atoms with Gasteiger partial charge in [-0.25, -0.2) is 0 Å². The molecular formula is C11H12N2O3. The lowest BCUT2D eigenvalue weighted by Crippen LogP contribution is -1.97. The predicted octanol–water partition coefficient (Wildman–Crippen LogP) is 2.27. The Morgan fingerprint density at radius 3 is 3.00 bits per heavy atom. The molecule has 0 atom stereocenters. The molecule has 0 radical (unpaired) electrons. The highest BCUT2D eigenvalue weighted by molar-refractivity contribution is 5.85. The number of nitro groups is 1. The number of fused-ring (bicyclic) bond motifs is 1. The number of benzene rings is 1. The van der Waals surface area contributed by atoms with E-state index in [1.54, 1.807) is 25.4 Å². The van der Waals surface area contributed by atoms with E-state index in [1.807, 2.05) is 6.07 Å². The lowest BCUT2D eigenvalue weighted by molar-refractivity contribution is -0.384. The largest absolute Gasteiger partial charge is 0.384 e. The average molecular weight is 220 g/mol. The highest BCUT2D eigenvalue weighted by Gasteiger charge is 2.11. The second-order valence-electron chi connectivity index (χ2n) is 3.54. The molecule has 2 aromatic rings. The van der Waals surface area contributed by atoms with E-state index in [0.717, 1.165) is 16.5 Å².